The maximum atomic E-state index is 5.75. The van der Waals surface area contributed by atoms with Crippen LogP contribution < -0.4 is 16.2 Å². The minimum Gasteiger partial charge on any atom is -0.399 e. The molecule has 0 bridgehead atoms. The second kappa shape index (κ2) is 4.67. The molecule has 3 nitrogen and oxygen atoms in total. The number of nitrogens with one attached hydrogen (secondary N) is 1. The number of hydrazine groups is 1. The molecule has 76 valence electrons. The first-order chi connectivity index (χ1) is 6.69. The summed E-state index contributed by atoms with van der Waals surface area (Å²) in [6, 6.07) is 5.95. The molecule has 0 atom stereocenters. The van der Waals surface area contributed by atoms with Crippen molar-refractivity contribution >= 4 is 11.4 Å². The zero-order chi connectivity index (χ0) is 10.6. The maximum absolute atomic E-state index is 5.75. The molecule has 1 aromatic rings. The summed E-state index contributed by atoms with van der Waals surface area (Å²) in [6.07, 6.45) is 3.94. The lowest BCUT2D eigenvalue weighted by molar-refractivity contribution is 0.825. The van der Waals surface area contributed by atoms with Crippen molar-refractivity contribution in [3.63, 3.8) is 0 Å². The van der Waals surface area contributed by atoms with Crippen LogP contribution in [0.1, 0.15) is 12.5 Å². The number of aryl methyl sites for hydroxylation is 1. The van der Waals surface area contributed by atoms with E-state index < -0.39 is 0 Å². The Kier molecular flexibility index (Phi) is 3.54. The van der Waals surface area contributed by atoms with E-state index in [0.717, 1.165) is 16.9 Å². The van der Waals surface area contributed by atoms with Crippen LogP contribution in [0.5, 0.6) is 0 Å². The van der Waals surface area contributed by atoms with Gasteiger partial charge >= 0.3 is 0 Å². The molecule has 1 rings (SSSR count). The fourth-order valence-electron chi connectivity index (χ4n) is 1.25. The predicted molar refractivity (Wildman–Crippen MR) is 61.9 cm³/mol. The third kappa shape index (κ3) is 2.26. The van der Waals surface area contributed by atoms with Gasteiger partial charge in [0.05, 0.1) is 5.69 Å². The molecule has 0 spiro atoms. The smallest absolute Gasteiger partial charge is 0.0574 e. The van der Waals surface area contributed by atoms with Gasteiger partial charge in [0.2, 0.25) is 0 Å². The molecule has 0 aliphatic rings. The Balaban J connectivity index is 2.99. The van der Waals surface area contributed by atoms with Gasteiger partial charge in [-0.25, -0.2) is 5.43 Å². The van der Waals surface area contributed by atoms with Crippen molar-refractivity contribution in [1.82, 2.24) is 5.43 Å². The number of anilines is 2. The topological polar surface area (TPSA) is 41.3 Å². The molecule has 0 amide bonds. The zero-order valence-electron chi connectivity index (χ0n) is 8.91. The van der Waals surface area contributed by atoms with E-state index in [0.29, 0.717) is 0 Å². The van der Waals surface area contributed by atoms with E-state index >= 15 is 0 Å². The summed E-state index contributed by atoms with van der Waals surface area (Å²) in [6.45, 7) is 3.98. The number of benzene rings is 1. The normalized spacial score (nSPS) is 10.8. The van der Waals surface area contributed by atoms with Crippen molar-refractivity contribution in [2.24, 2.45) is 0 Å². The first kappa shape index (κ1) is 10.6. The molecular formula is C11H17N3. The Morgan fingerprint density at radius 1 is 1.43 bits per heavy atom. The molecule has 0 aliphatic carbocycles. The second-order valence-corrected chi connectivity index (χ2v) is 3.12. The molecule has 1 aromatic carbocycles. The Morgan fingerprint density at radius 2 is 2.14 bits per heavy atom. The minimum atomic E-state index is 0.824. The highest BCUT2D eigenvalue weighted by atomic mass is 15.5. The lowest BCUT2D eigenvalue weighted by Crippen LogP contribution is -2.29. The van der Waals surface area contributed by atoms with Crippen molar-refractivity contribution in [2.75, 3.05) is 17.8 Å². The molecule has 0 radical (unpaired) electrons. The second-order valence-electron chi connectivity index (χ2n) is 3.12. The molecule has 0 fully saturated rings. The van der Waals surface area contributed by atoms with Gasteiger partial charge in [-0.05, 0) is 37.6 Å². The van der Waals surface area contributed by atoms with Gasteiger partial charge in [-0.2, -0.15) is 0 Å². The Hall–Kier alpha value is -1.48. The Bertz CT molecular complexity index is 331. The molecule has 0 heterocycles. The lowest BCUT2D eigenvalue weighted by Gasteiger charge is -2.19. The van der Waals surface area contributed by atoms with E-state index in [4.69, 9.17) is 5.73 Å². The molecule has 0 aromatic heterocycles. The molecule has 0 aliphatic heterocycles. The molecule has 0 unspecified atom stereocenters. The number of nitrogens with two attached hydrogens (primary N) is 1. The summed E-state index contributed by atoms with van der Waals surface area (Å²) in [7, 11) is 1.88. The van der Waals surface area contributed by atoms with Crippen LogP contribution in [0.2, 0.25) is 0 Å². The van der Waals surface area contributed by atoms with E-state index in [1.54, 1.807) is 0 Å². The van der Waals surface area contributed by atoms with Crippen LogP contribution in [0.15, 0.2) is 30.5 Å². The van der Waals surface area contributed by atoms with Crippen LogP contribution >= 0.6 is 0 Å². The van der Waals surface area contributed by atoms with Gasteiger partial charge in [-0.1, -0.05) is 6.08 Å². The average molecular weight is 191 g/mol. The lowest BCUT2D eigenvalue weighted by atomic mass is 10.2. The Labute approximate surface area is 85.2 Å². The molecule has 0 saturated carbocycles. The van der Waals surface area contributed by atoms with E-state index in [2.05, 4.69) is 5.43 Å². The maximum Gasteiger partial charge on any atom is 0.0574 e. The average Bonchev–Trinajstić information content (AvgIpc) is 2.19. The zero-order valence-corrected chi connectivity index (χ0v) is 8.91. The van der Waals surface area contributed by atoms with Gasteiger partial charge < -0.3 is 5.73 Å². The predicted octanol–water partition coefficient (Wildman–Crippen LogP) is 2.05. The molecule has 3 N–H and O–H groups in total. The standard InChI is InChI=1S/C11H17N3/c1-4-7-14(13-3)10-5-6-11(12)9(2)8-10/h4-8,13H,12H2,1-3H3/b7-4-. The number of hydrogen-bond acceptors (Lipinski definition) is 3. The van der Waals surface area contributed by atoms with Crippen molar-refractivity contribution in [3.8, 4) is 0 Å². The van der Waals surface area contributed by atoms with E-state index in [1.807, 2.05) is 56.4 Å². The number of rotatable bonds is 3. The highest BCUT2D eigenvalue weighted by molar-refractivity contribution is 5.58. The summed E-state index contributed by atoms with van der Waals surface area (Å²) >= 11 is 0. The van der Waals surface area contributed by atoms with E-state index in [-0.39, 0.29) is 0 Å². The van der Waals surface area contributed by atoms with Crippen LogP contribution in [0.4, 0.5) is 11.4 Å². The third-order valence-electron chi connectivity index (χ3n) is 2.07. The number of nitrogen functional groups attached to an aromatic ring is 1. The van der Waals surface area contributed by atoms with Gasteiger partial charge in [-0.3, -0.25) is 5.01 Å². The summed E-state index contributed by atoms with van der Waals surface area (Å²) in [4.78, 5) is 0. The van der Waals surface area contributed by atoms with Crippen LogP contribution in [0.25, 0.3) is 0 Å². The monoisotopic (exact) mass is 191 g/mol. The summed E-state index contributed by atoms with van der Waals surface area (Å²) in [5, 5.41) is 1.94. The fourth-order valence-corrected chi connectivity index (χ4v) is 1.25. The molecule has 0 saturated heterocycles. The highest BCUT2D eigenvalue weighted by Gasteiger charge is 2.01. The molecule has 14 heavy (non-hydrogen) atoms. The first-order valence-corrected chi connectivity index (χ1v) is 4.64. The van der Waals surface area contributed by atoms with Gasteiger partial charge in [0, 0.05) is 18.9 Å². The van der Waals surface area contributed by atoms with Crippen molar-refractivity contribution in [3.05, 3.63) is 36.0 Å². The Morgan fingerprint density at radius 3 is 2.64 bits per heavy atom. The third-order valence-corrected chi connectivity index (χ3v) is 2.07. The summed E-state index contributed by atoms with van der Waals surface area (Å²) in [5.74, 6) is 0. The number of allylic oxidation sites excluding steroid dienone is 1. The van der Waals surface area contributed by atoms with Crippen molar-refractivity contribution in [2.45, 2.75) is 13.8 Å². The van der Waals surface area contributed by atoms with Gasteiger partial charge in [0.15, 0.2) is 0 Å². The summed E-state index contributed by atoms with van der Waals surface area (Å²) in [5.41, 5.74) is 11.8. The molecular weight excluding hydrogens is 174 g/mol. The van der Waals surface area contributed by atoms with Crippen LogP contribution in [-0.4, -0.2) is 7.05 Å². The van der Waals surface area contributed by atoms with Gasteiger partial charge in [-0.15, -0.1) is 0 Å². The van der Waals surface area contributed by atoms with E-state index in [9.17, 15) is 0 Å². The first-order valence-electron chi connectivity index (χ1n) is 4.64. The van der Waals surface area contributed by atoms with Crippen LogP contribution in [-0.2, 0) is 0 Å². The van der Waals surface area contributed by atoms with Crippen molar-refractivity contribution < 1.29 is 0 Å². The largest absolute Gasteiger partial charge is 0.399 e. The van der Waals surface area contributed by atoms with Crippen LogP contribution in [0, 0.1) is 6.92 Å². The van der Waals surface area contributed by atoms with Gasteiger partial charge in [0.25, 0.3) is 0 Å². The van der Waals surface area contributed by atoms with Crippen LogP contribution in [0.3, 0.4) is 0 Å². The molecule has 3 heteroatoms. The number of nitrogens with zero attached hydrogens (tertiary/aromatic N) is 1. The SMILES string of the molecule is C/C=C\N(NC)c1ccc(N)c(C)c1. The summed E-state index contributed by atoms with van der Waals surface area (Å²) < 4.78 is 0. The number of hydrogen-bond donors (Lipinski definition) is 2. The van der Waals surface area contributed by atoms with Crippen molar-refractivity contribution in [1.29, 1.82) is 0 Å². The minimum absolute atomic E-state index is 0.824. The fraction of sp³-hybridized carbons (Fsp3) is 0.273. The van der Waals surface area contributed by atoms with E-state index in [1.165, 1.54) is 0 Å². The quantitative estimate of drug-likeness (QED) is 0.567. The van der Waals surface area contributed by atoms with Gasteiger partial charge in [0.1, 0.15) is 0 Å². The highest BCUT2D eigenvalue weighted by Crippen LogP contribution is 2.19.